The maximum Gasteiger partial charge on any atom is 0.151 e. The Morgan fingerprint density at radius 1 is 1.32 bits per heavy atom. The first kappa shape index (κ1) is 13.3. The van der Waals surface area contributed by atoms with Crippen molar-refractivity contribution in [3.05, 3.63) is 29.6 Å². The Bertz CT molecular complexity index is 595. The molecule has 0 saturated carbocycles. The van der Waals surface area contributed by atoms with Gasteiger partial charge in [0.05, 0.1) is 12.8 Å². The first-order valence-corrected chi connectivity index (χ1v) is 6.18. The summed E-state index contributed by atoms with van der Waals surface area (Å²) in [6.07, 6.45) is 1.37. The number of ether oxygens (including phenoxy) is 1. The third kappa shape index (κ3) is 2.38. The largest absolute Gasteiger partial charge is 0.495 e. The molecule has 0 spiro atoms. The van der Waals surface area contributed by atoms with Crippen LogP contribution >= 0.6 is 0 Å². The van der Waals surface area contributed by atoms with E-state index in [0.717, 1.165) is 0 Å². The van der Waals surface area contributed by atoms with Crippen LogP contribution in [0.2, 0.25) is 0 Å². The average molecular weight is 264 g/mol. The van der Waals surface area contributed by atoms with Crippen molar-refractivity contribution in [1.29, 1.82) is 0 Å². The number of nitrogens with zero attached hydrogens (tertiary/aromatic N) is 3. The number of rotatable bonds is 4. The van der Waals surface area contributed by atoms with Crippen LogP contribution in [0.4, 0.5) is 10.1 Å². The number of aromatic nitrogens is 3. The summed E-state index contributed by atoms with van der Waals surface area (Å²) in [5.74, 6) is 1.38. The highest BCUT2D eigenvalue weighted by molar-refractivity contribution is 5.58. The van der Waals surface area contributed by atoms with E-state index in [1.165, 1.54) is 23.9 Å². The fourth-order valence-corrected chi connectivity index (χ4v) is 1.86. The van der Waals surface area contributed by atoms with Crippen LogP contribution in [0.3, 0.4) is 0 Å². The molecule has 0 fully saturated rings. The lowest BCUT2D eigenvalue weighted by atomic mass is 10.2. The van der Waals surface area contributed by atoms with Crippen LogP contribution in [0.15, 0.2) is 12.1 Å². The quantitative estimate of drug-likeness (QED) is 0.859. The normalized spacial score (nSPS) is 10.7. The second-order valence-corrected chi connectivity index (χ2v) is 4.11. The lowest BCUT2D eigenvalue weighted by Crippen LogP contribution is -2.06. The van der Waals surface area contributed by atoms with Gasteiger partial charge in [0.1, 0.15) is 17.3 Å². The molecule has 0 atom stereocenters. The third-order valence-electron chi connectivity index (χ3n) is 2.88. The summed E-state index contributed by atoms with van der Waals surface area (Å²) >= 11 is 0. The Kier molecular flexibility index (Phi) is 3.69. The maximum atomic E-state index is 14.1. The molecule has 1 heterocycles. The predicted octanol–water partition coefficient (Wildman–Crippen LogP) is 2.12. The van der Waals surface area contributed by atoms with E-state index >= 15 is 0 Å². The van der Waals surface area contributed by atoms with Crippen LogP contribution in [0.1, 0.15) is 25.5 Å². The van der Waals surface area contributed by atoms with Gasteiger partial charge in [-0.2, -0.15) is 5.10 Å². The van der Waals surface area contributed by atoms with Crippen molar-refractivity contribution < 1.29 is 9.13 Å². The number of halogens is 1. The second-order valence-electron chi connectivity index (χ2n) is 4.11. The summed E-state index contributed by atoms with van der Waals surface area (Å²) in [6.45, 7) is 3.91. The van der Waals surface area contributed by atoms with Crippen LogP contribution in [-0.4, -0.2) is 21.9 Å². The lowest BCUT2D eigenvalue weighted by Gasteiger charge is -2.10. The van der Waals surface area contributed by atoms with Gasteiger partial charge in [-0.05, 0) is 0 Å². The molecule has 0 radical (unpaired) electrons. The van der Waals surface area contributed by atoms with E-state index < -0.39 is 5.82 Å². The van der Waals surface area contributed by atoms with Crippen molar-refractivity contribution in [2.24, 2.45) is 0 Å². The van der Waals surface area contributed by atoms with Crippen molar-refractivity contribution >= 4 is 5.69 Å². The molecule has 0 unspecified atom stereocenters. The maximum absolute atomic E-state index is 14.1. The van der Waals surface area contributed by atoms with E-state index in [4.69, 9.17) is 10.5 Å². The van der Waals surface area contributed by atoms with E-state index in [0.29, 0.717) is 35.9 Å². The predicted molar refractivity (Wildman–Crippen MR) is 71.0 cm³/mol. The van der Waals surface area contributed by atoms with Crippen molar-refractivity contribution in [2.45, 2.75) is 26.7 Å². The zero-order valence-corrected chi connectivity index (χ0v) is 11.3. The van der Waals surface area contributed by atoms with Crippen molar-refractivity contribution in [3.63, 3.8) is 0 Å². The van der Waals surface area contributed by atoms with Gasteiger partial charge in [-0.15, -0.1) is 0 Å². The van der Waals surface area contributed by atoms with Gasteiger partial charge in [0.25, 0.3) is 0 Å². The summed E-state index contributed by atoms with van der Waals surface area (Å²) < 4.78 is 20.7. The highest BCUT2D eigenvalue weighted by Gasteiger charge is 2.15. The van der Waals surface area contributed by atoms with Crippen LogP contribution in [0.5, 0.6) is 5.75 Å². The number of methoxy groups -OCH3 is 1. The topological polar surface area (TPSA) is 66.0 Å². The van der Waals surface area contributed by atoms with Gasteiger partial charge in [0, 0.05) is 25.0 Å². The standard InChI is InChI=1S/C13H17FN4O/c1-4-12-16-13(5-2)18(17-12)10-7-11(19-3)9(15)6-8(10)14/h6-7H,4-5,15H2,1-3H3. The van der Waals surface area contributed by atoms with Crippen molar-refractivity contribution in [3.8, 4) is 11.4 Å². The minimum Gasteiger partial charge on any atom is -0.495 e. The third-order valence-corrected chi connectivity index (χ3v) is 2.88. The molecule has 2 N–H and O–H groups in total. The minimum absolute atomic E-state index is 0.262. The van der Waals surface area contributed by atoms with Gasteiger partial charge in [-0.25, -0.2) is 14.1 Å². The first-order chi connectivity index (χ1) is 9.10. The molecule has 0 aliphatic carbocycles. The number of aryl methyl sites for hydroxylation is 2. The molecule has 6 heteroatoms. The number of hydrogen-bond acceptors (Lipinski definition) is 4. The molecule has 2 rings (SSSR count). The number of nitrogen functional groups attached to an aromatic ring is 1. The van der Waals surface area contributed by atoms with E-state index in [2.05, 4.69) is 10.1 Å². The summed E-state index contributed by atoms with van der Waals surface area (Å²) in [7, 11) is 1.49. The zero-order chi connectivity index (χ0) is 14.0. The van der Waals surface area contributed by atoms with Crippen LogP contribution in [-0.2, 0) is 12.8 Å². The van der Waals surface area contributed by atoms with Crippen LogP contribution < -0.4 is 10.5 Å². The molecule has 0 aliphatic rings. The summed E-state index contributed by atoms with van der Waals surface area (Å²) in [4.78, 5) is 4.36. The molecule has 0 amide bonds. The molecule has 2 aromatic rings. The highest BCUT2D eigenvalue weighted by atomic mass is 19.1. The second kappa shape index (κ2) is 5.26. The van der Waals surface area contributed by atoms with Crippen LogP contribution in [0.25, 0.3) is 5.69 Å². The van der Waals surface area contributed by atoms with E-state index in [1.807, 2.05) is 13.8 Å². The van der Waals surface area contributed by atoms with Crippen LogP contribution in [0, 0.1) is 5.82 Å². The van der Waals surface area contributed by atoms with Gasteiger partial charge in [-0.1, -0.05) is 13.8 Å². The Labute approximate surface area is 111 Å². The summed E-state index contributed by atoms with van der Waals surface area (Å²) in [6, 6.07) is 2.78. The Hall–Kier alpha value is -2.11. The average Bonchev–Trinajstić information content (AvgIpc) is 2.82. The van der Waals surface area contributed by atoms with E-state index in [-0.39, 0.29) is 5.69 Å². The highest BCUT2D eigenvalue weighted by Crippen LogP contribution is 2.27. The fourth-order valence-electron chi connectivity index (χ4n) is 1.86. The summed E-state index contributed by atoms with van der Waals surface area (Å²) in [5.41, 5.74) is 6.23. The SMILES string of the molecule is CCc1nc(CC)n(-c2cc(OC)c(N)cc2F)n1. The van der Waals surface area contributed by atoms with E-state index in [1.54, 1.807) is 0 Å². The molecule has 1 aromatic heterocycles. The fraction of sp³-hybridized carbons (Fsp3) is 0.385. The number of hydrogen-bond donors (Lipinski definition) is 1. The van der Waals surface area contributed by atoms with Gasteiger partial charge in [0.2, 0.25) is 0 Å². The smallest absolute Gasteiger partial charge is 0.151 e. The molecule has 19 heavy (non-hydrogen) atoms. The van der Waals surface area contributed by atoms with Gasteiger partial charge < -0.3 is 10.5 Å². The number of anilines is 1. The van der Waals surface area contributed by atoms with Crippen molar-refractivity contribution in [2.75, 3.05) is 12.8 Å². The molecular formula is C13H17FN4O. The summed E-state index contributed by atoms with van der Waals surface area (Å²) in [5, 5.41) is 4.30. The molecule has 0 saturated heterocycles. The Balaban J connectivity index is 2.60. The molecule has 5 nitrogen and oxygen atoms in total. The Morgan fingerprint density at radius 3 is 2.63 bits per heavy atom. The Morgan fingerprint density at radius 2 is 2.05 bits per heavy atom. The first-order valence-electron chi connectivity index (χ1n) is 6.18. The molecule has 102 valence electrons. The molecular weight excluding hydrogens is 247 g/mol. The number of nitrogens with two attached hydrogens (primary N) is 1. The van der Waals surface area contributed by atoms with Gasteiger partial charge in [0.15, 0.2) is 11.6 Å². The van der Waals surface area contributed by atoms with Gasteiger partial charge >= 0.3 is 0 Å². The lowest BCUT2D eigenvalue weighted by molar-refractivity contribution is 0.415. The van der Waals surface area contributed by atoms with E-state index in [9.17, 15) is 4.39 Å². The van der Waals surface area contributed by atoms with Gasteiger partial charge in [-0.3, -0.25) is 0 Å². The molecule has 0 bridgehead atoms. The zero-order valence-electron chi connectivity index (χ0n) is 11.3. The number of benzene rings is 1. The molecule has 0 aliphatic heterocycles. The minimum atomic E-state index is -0.444. The van der Waals surface area contributed by atoms with Crippen molar-refractivity contribution in [1.82, 2.24) is 14.8 Å². The molecule has 1 aromatic carbocycles. The monoisotopic (exact) mass is 264 g/mol.